The summed E-state index contributed by atoms with van der Waals surface area (Å²) >= 11 is 0. The lowest BCUT2D eigenvalue weighted by Crippen LogP contribution is -1.97. The Bertz CT molecular complexity index is 673. The van der Waals surface area contributed by atoms with Gasteiger partial charge in [-0.25, -0.2) is 19.5 Å². The van der Waals surface area contributed by atoms with Gasteiger partial charge in [-0.15, -0.1) is 0 Å². The zero-order chi connectivity index (χ0) is 15.2. The Morgan fingerprint density at radius 1 is 0.952 bits per heavy atom. The Morgan fingerprint density at radius 2 is 1.67 bits per heavy atom. The van der Waals surface area contributed by atoms with Crippen LogP contribution in [0.4, 0.5) is 0 Å². The van der Waals surface area contributed by atoms with Crippen molar-refractivity contribution >= 4 is 5.65 Å². The average Bonchev–Trinajstić information content (AvgIpc) is 2.93. The molecule has 0 unspecified atom stereocenters. The molecular weight excluding hydrogens is 262 g/mol. The summed E-state index contributed by atoms with van der Waals surface area (Å²) in [5, 5.41) is 4.22. The van der Waals surface area contributed by atoms with E-state index >= 15 is 0 Å². The van der Waals surface area contributed by atoms with Crippen LogP contribution in [0.3, 0.4) is 0 Å². The van der Waals surface area contributed by atoms with E-state index in [0.717, 1.165) is 11.3 Å². The summed E-state index contributed by atoms with van der Waals surface area (Å²) in [6, 6.07) is 3.85. The Morgan fingerprint density at radius 3 is 2.24 bits per heavy atom. The number of aromatic nitrogens is 5. The summed E-state index contributed by atoms with van der Waals surface area (Å²) in [5.74, 6) is 1.00. The highest BCUT2D eigenvalue weighted by atomic mass is 15.2. The summed E-state index contributed by atoms with van der Waals surface area (Å²) in [5.41, 5.74) is 3.27. The molecule has 0 aromatic carbocycles. The highest BCUT2D eigenvalue weighted by molar-refractivity contribution is 5.38. The van der Waals surface area contributed by atoms with Gasteiger partial charge >= 0.3 is 0 Å². The molecule has 0 saturated carbocycles. The van der Waals surface area contributed by atoms with Crippen molar-refractivity contribution in [2.45, 2.75) is 39.5 Å². The first-order chi connectivity index (χ1) is 10.1. The van der Waals surface area contributed by atoms with Gasteiger partial charge in [0.05, 0.1) is 11.9 Å². The molecule has 21 heavy (non-hydrogen) atoms. The van der Waals surface area contributed by atoms with Crippen LogP contribution in [0.15, 0.2) is 43.2 Å². The highest BCUT2D eigenvalue weighted by Gasteiger charge is 2.06. The number of hydrogen-bond acceptors (Lipinski definition) is 4. The Balaban J connectivity index is 0.000000161. The SMILES string of the molecule is CC(C)c1cnc2cccnn12.CC(C)c1cncnc1. The zero-order valence-corrected chi connectivity index (χ0v) is 12.9. The molecule has 0 bridgehead atoms. The zero-order valence-electron chi connectivity index (χ0n) is 12.9. The van der Waals surface area contributed by atoms with Gasteiger partial charge in [0.15, 0.2) is 5.65 Å². The van der Waals surface area contributed by atoms with Gasteiger partial charge in [0, 0.05) is 18.6 Å². The minimum Gasteiger partial charge on any atom is -0.245 e. The van der Waals surface area contributed by atoms with E-state index in [1.165, 1.54) is 5.56 Å². The van der Waals surface area contributed by atoms with Crippen LogP contribution in [0.1, 0.15) is 50.8 Å². The largest absolute Gasteiger partial charge is 0.245 e. The molecular formula is C16H21N5. The molecule has 110 valence electrons. The summed E-state index contributed by atoms with van der Waals surface area (Å²) in [7, 11) is 0. The standard InChI is InChI=1S/C9H11N3.C7H10N2/c1-7(2)8-6-10-9-4-3-5-11-12(8)9;1-6(2)7-3-8-5-9-4-7/h3-7H,1-2H3;3-6H,1-2H3. The second kappa shape index (κ2) is 6.92. The fraction of sp³-hybridized carbons (Fsp3) is 0.375. The number of hydrogen-bond donors (Lipinski definition) is 0. The van der Waals surface area contributed by atoms with Crippen LogP contribution in [0.25, 0.3) is 5.65 Å². The van der Waals surface area contributed by atoms with Crippen molar-refractivity contribution in [3.05, 3.63) is 54.5 Å². The topological polar surface area (TPSA) is 56.0 Å². The molecule has 3 rings (SSSR count). The predicted molar refractivity (Wildman–Crippen MR) is 83.2 cm³/mol. The van der Waals surface area contributed by atoms with E-state index in [1.807, 2.05) is 35.2 Å². The van der Waals surface area contributed by atoms with Crippen molar-refractivity contribution in [1.29, 1.82) is 0 Å². The van der Waals surface area contributed by atoms with Gasteiger partial charge in [-0.2, -0.15) is 5.10 Å². The van der Waals surface area contributed by atoms with E-state index in [0.29, 0.717) is 11.8 Å². The van der Waals surface area contributed by atoms with Gasteiger partial charge in [-0.3, -0.25) is 0 Å². The first-order valence-electron chi connectivity index (χ1n) is 7.13. The van der Waals surface area contributed by atoms with E-state index in [-0.39, 0.29) is 0 Å². The number of rotatable bonds is 2. The molecule has 5 nitrogen and oxygen atoms in total. The lowest BCUT2D eigenvalue weighted by atomic mass is 10.1. The quantitative estimate of drug-likeness (QED) is 0.722. The first-order valence-corrected chi connectivity index (χ1v) is 7.13. The predicted octanol–water partition coefficient (Wildman–Crippen LogP) is 3.45. The Labute approximate surface area is 125 Å². The number of fused-ring (bicyclic) bond motifs is 1. The van der Waals surface area contributed by atoms with E-state index in [1.54, 1.807) is 12.5 Å². The van der Waals surface area contributed by atoms with E-state index in [9.17, 15) is 0 Å². The van der Waals surface area contributed by atoms with Crippen LogP contribution < -0.4 is 0 Å². The minimum absolute atomic E-state index is 0.468. The Hall–Kier alpha value is -2.30. The van der Waals surface area contributed by atoms with Crippen LogP contribution in [0.2, 0.25) is 0 Å². The average molecular weight is 283 g/mol. The van der Waals surface area contributed by atoms with E-state index < -0.39 is 0 Å². The fourth-order valence-electron chi connectivity index (χ4n) is 1.85. The summed E-state index contributed by atoms with van der Waals surface area (Å²) in [6.45, 7) is 8.52. The lowest BCUT2D eigenvalue weighted by molar-refractivity contribution is 0.759. The van der Waals surface area contributed by atoms with Crippen molar-refractivity contribution in [2.75, 3.05) is 0 Å². The Kier molecular flexibility index (Phi) is 4.98. The third-order valence-corrected chi connectivity index (χ3v) is 3.14. The molecule has 0 aliphatic carbocycles. The van der Waals surface area contributed by atoms with Crippen molar-refractivity contribution in [3.63, 3.8) is 0 Å². The third kappa shape index (κ3) is 3.84. The normalized spacial score (nSPS) is 10.8. The molecule has 5 heteroatoms. The minimum atomic E-state index is 0.468. The van der Waals surface area contributed by atoms with Crippen molar-refractivity contribution < 1.29 is 0 Å². The lowest BCUT2D eigenvalue weighted by Gasteiger charge is -2.01. The summed E-state index contributed by atoms with van der Waals surface area (Å²) in [4.78, 5) is 12.0. The second-order valence-corrected chi connectivity index (χ2v) is 5.46. The van der Waals surface area contributed by atoms with Gasteiger partial charge in [-0.05, 0) is 29.5 Å². The summed E-state index contributed by atoms with van der Waals surface area (Å²) < 4.78 is 1.88. The molecule has 3 aromatic heterocycles. The van der Waals surface area contributed by atoms with E-state index in [4.69, 9.17) is 0 Å². The highest BCUT2D eigenvalue weighted by Crippen LogP contribution is 2.14. The molecule has 0 amide bonds. The first kappa shape index (κ1) is 15.1. The molecule has 0 radical (unpaired) electrons. The smallest absolute Gasteiger partial charge is 0.153 e. The molecule has 0 saturated heterocycles. The number of nitrogens with zero attached hydrogens (tertiary/aromatic N) is 5. The van der Waals surface area contributed by atoms with Crippen molar-refractivity contribution in [1.82, 2.24) is 24.6 Å². The molecule has 0 N–H and O–H groups in total. The van der Waals surface area contributed by atoms with Crippen LogP contribution in [-0.2, 0) is 0 Å². The maximum atomic E-state index is 4.24. The maximum absolute atomic E-state index is 4.24. The second-order valence-electron chi connectivity index (χ2n) is 5.46. The van der Waals surface area contributed by atoms with Gasteiger partial charge in [0.25, 0.3) is 0 Å². The molecule has 0 aliphatic rings. The van der Waals surface area contributed by atoms with Crippen molar-refractivity contribution in [3.8, 4) is 0 Å². The molecule has 3 heterocycles. The third-order valence-electron chi connectivity index (χ3n) is 3.14. The van der Waals surface area contributed by atoms with Crippen LogP contribution >= 0.6 is 0 Å². The molecule has 0 atom stereocenters. The maximum Gasteiger partial charge on any atom is 0.153 e. The molecule has 0 spiro atoms. The monoisotopic (exact) mass is 283 g/mol. The number of imidazole rings is 1. The van der Waals surface area contributed by atoms with E-state index in [2.05, 4.69) is 47.7 Å². The van der Waals surface area contributed by atoms with Gasteiger partial charge in [0.1, 0.15) is 6.33 Å². The van der Waals surface area contributed by atoms with Crippen molar-refractivity contribution in [2.24, 2.45) is 0 Å². The molecule has 0 fully saturated rings. The molecule has 0 aliphatic heterocycles. The molecule has 3 aromatic rings. The van der Waals surface area contributed by atoms with Crippen LogP contribution in [-0.4, -0.2) is 24.6 Å². The summed E-state index contributed by atoms with van der Waals surface area (Å²) in [6.07, 6.45) is 8.90. The van der Waals surface area contributed by atoms with Gasteiger partial charge in [-0.1, -0.05) is 27.7 Å². The fourth-order valence-corrected chi connectivity index (χ4v) is 1.85. The van der Waals surface area contributed by atoms with Crippen LogP contribution in [0, 0.1) is 0 Å². The van der Waals surface area contributed by atoms with Crippen LogP contribution in [0.5, 0.6) is 0 Å². The van der Waals surface area contributed by atoms with Gasteiger partial charge in [0.2, 0.25) is 0 Å². The van der Waals surface area contributed by atoms with Gasteiger partial charge < -0.3 is 0 Å².